The van der Waals surface area contributed by atoms with Gasteiger partial charge in [-0.25, -0.2) is 0 Å². The summed E-state index contributed by atoms with van der Waals surface area (Å²) in [5.74, 6) is 0.990. The predicted octanol–water partition coefficient (Wildman–Crippen LogP) is 3.58. The average Bonchev–Trinajstić information content (AvgIpc) is 2.08. The van der Waals surface area contributed by atoms with E-state index in [4.69, 9.17) is 0 Å². The van der Waals surface area contributed by atoms with E-state index in [1.807, 2.05) is 17.8 Å². The molecule has 0 saturated carbocycles. The van der Waals surface area contributed by atoms with Gasteiger partial charge in [0.25, 0.3) is 0 Å². The first kappa shape index (κ1) is 9.40. The van der Waals surface area contributed by atoms with E-state index >= 15 is 0 Å². The molecule has 0 heterocycles. The van der Waals surface area contributed by atoms with Crippen LogP contribution in [0.25, 0.3) is 0 Å². The van der Waals surface area contributed by atoms with Gasteiger partial charge in [0.2, 0.25) is 0 Å². The van der Waals surface area contributed by atoms with E-state index in [-0.39, 0.29) is 0 Å². The molecule has 1 aromatic rings. The molecular formula is C11H14S. The molecule has 0 aromatic heterocycles. The number of benzene rings is 1. The SMILES string of the molecule is C=CCSc1cccc(C)c1C. The molecule has 0 N–H and O–H groups in total. The van der Waals surface area contributed by atoms with E-state index in [0.29, 0.717) is 0 Å². The summed E-state index contributed by atoms with van der Waals surface area (Å²) in [6.07, 6.45) is 1.94. The standard InChI is InChI=1S/C11H14S/c1-4-8-12-11-7-5-6-9(2)10(11)3/h4-7H,1,8H2,2-3H3. The van der Waals surface area contributed by atoms with Gasteiger partial charge in [-0.05, 0) is 31.0 Å². The van der Waals surface area contributed by atoms with Crippen molar-refractivity contribution in [3.8, 4) is 0 Å². The van der Waals surface area contributed by atoms with Crippen LogP contribution in [0.2, 0.25) is 0 Å². The van der Waals surface area contributed by atoms with Gasteiger partial charge < -0.3 is 0 Å². The van der Waals surface area contributed by atoms with Crippen molar-refractivity contribution in [2.24, 2.45) is 0 Å². The van der Waals surface area contributed by atoms with Crippen LogP contribution in [0.5, 0.6) is 0 Å². The third-order valence-electron chi connectivity index (χ3n) is 1.91. The molecule has 0 aliphatic heterocycles. The van der Waals surface area contributed by atoms with E-state index in [0.717, 1.165) is 5.75 Å². The van der Waals surface area contributed by atoms with Crippen LogP contribution in [-0.4, -0.2) is 5.75 Å². The summed E-state index contributed by atoms with van der Waals surface area (Å²) in [7, 11) is 0. The summed E-state index contributed by atoms with van der Waals surface area (Å²) in [5.41, 5.74) is 2.76. The maximum absolute atomic E-state index is 3.71. The van der Waals surface area contributed by atoms with Gasteiger partial charge in [-0.2, -0.15) is 0 Å². The molecule has 0 fully saturated rings. The molecule has 0 bridgehead atoms. The Morgan fingerprint density at radius 3 is 2.83 bits per heavy atom. The van der Waals surface area contributed by atoms with Crippen molar-refractivity contribution in [3.63, 3.8) is 0 Å². The van der Waals surface area contributed by atoms with Gasteiger partial charge in [0, 0.05) is 10.6 Å². The Labute approximate surface area is 78.7 Å². The van der Waals surface area contributed by atoms with Crippen molar-refractivity contribution in [2.45, 2.75) is 18.7 Å². The maximum Gasteiger partial charge on any atom is 0.0158 e. The van der Waals surface area contributed by atoms with Gasteiger partial charge >= 0.3 is 0 Å². The fourth-order valence-corrected chi connectivity index (χ4v) is 1.88. The lowest BCUT2D eigenvalue weighted by Crippen LogP contribution is -1.84. The van der Waals surface area contributed by atoms with Crippen molar-refractivity contribution in [3.05, 3.63) is 42.0 Å². The zero-order chi connectivity index (χ0) is 8.97. The number of rotatable bonds is 3. The molecule has 0 nitrogen and oxygen atoms in total. The minimum Gasteiger partial charge on any atom is -0.122 e. The highest BCUT2D eigenvalue weighted by Crippen LogP contribution is 2.24. The van der Waals surface area contributed by atoms with Crippen molar-refractivity contribution >= 4 is 11.8 Å². The fraction of sp³-hybridized carbons (Fsp3) is 0.273. The highest BCUT2D eigenvalue weighted by molar-refractivity contribution is 7.99. The Morgan fingerprint density at radius 2 is 2.17 bits per heavy atom. The van der Waals surface area contributed by atoms with E-state index in [2.05, 4.69) is 38.6 Å². The smallest absolute Gasteiger partial charge is 0.0158 e. The topological polar surface area (TPSA) is 0 Å². The van der Waals surface area contributed by atoms with Crippen LogP contribution in [0.4, 0.5) is 0 Å². The Balaban J connectivity index is 2.84. The summed E-state index contributed by atoms with van der Waals surface area (Å²) in [5, 5.41) is 0. The molecule has 0 aliphatic carbocycles. The lowest BCUT2D eigenvalue weighted by molar-refractivity contribution is 1.23. The second-order valence-electron chi connectivity index (χ2n) is 2.80. The highest BCUT2D eigenvalue weighted by Gasteiger charge is 1.98. The molecule has 0 unspecified atom stereocenters. The summed E-state index contributed by atoms with van der Waals surface area (Å²) in [4.78, 5) is 1.37. The van der Waals surface area contributed by atoms with Crippen molar-refractivity contribution in [1.82, 2.24) is 0 Å². The normalized spacial score (nSPS) is 9.83. The molecule has 1 rings (SSSR count). The van der Waals surface area contributed by atoms with Gasteiger partial charge in [0.15, 0.2) is 0 Å². The van der Waals surface area contributed by atoms with Crippen LogP contribution in [-0.2, 0) is 0 Å². The second-order valence-corrected chi connectivity index (χ2v) is 3.86. The zero-order valence-electron chi connectivity index (χ0n) is 7.63. The largest absolute Gasteiger partial charge is 0.122 e. The van der Waals surface area contributed by atoms with Crippen LogP contribution < -0.4 is 0 Å². The molecular weight excluding hydrogens is 164 g/mol. The van der Waals surface area contributed by atoms with Gasteiger partial charge in [0.05, 0.1) is 0 Å². The third kappa shape index (κ3) is 2.15. The summed E-state index contributed by atoms with van der Waals surface area (Å²) in [6, 6.07) is 6.41. The summed E-state index contributed by atoms with van der Waals surface area (Å²) < 4.78 is 0. The number of hydrogen-bond acceptors (Lipinski definition) is 1. The van der Waals surface area contributed by atoms with E-state index in [1.54, 1.807) is 0 Å². The lowest BCUT2D eigenvalue weighted by Gasteiger charge is -2.05. The monoisotopic (exact) mass is 178 g/mol. The first-order valence-electron chi connectivity index (χ1n) is 4.05. The van der Waals surface area contributed by atoms with Crippen LogP contribution in [0.1, 0.15) is 11.1 Å². The van der Waals surface area contributed by atoms with Gasteiger partial charge in [0.1, 0.15) is 0 Å². The van der Waals surface area contributed by atoms with Crippen LogP contribution >= 0.6 is 11.8 Å². The second kappa shape index (κ2) is 4.36. The maximum atomic E-state index is 3.71. The molecule has 0 atom stereocenters. The molecule has 0 spiro atoms. The minimum atomic E-state index is 0.990. The Kier molecular flexibility index (Phi) is 3.42. The molecule has 0 radical (unpaired) electrons. The Hall–Kier alpha value is -0.690. The van der Waals surface area contributed by atoms with Gasteiger partial charge in [-0.3, -0.25) is 0 Å². The molecule has 0 aliphatic rings. The minimum absolute atomic E-state index is 0.990. The Morgan fingerprint density at radius 1 is 1.42 bits per heavy atom. The number of hydrogen-bond donors (Lipinski definition) is 0. The molecule has 0 amide bonds. The first-order chi connectivity index (χ1) is 5.75. The van der Waals surface area contributed by atoms with Crippen molar-refractivity contribution in [2.75, 3.05) is 5.75 Å². The van der Waals surface area contributed by atoms with Crippen LogP contribution in [0.15, 0.2) is 35.7 Å². The van der Waals surface area contributed by atoms with Crippen LogP contribution in [0, 0.1) is 13.8 Å². The fourth-order valence-electron chi connectivity index (χ4n) is 1.03. The summed E-state index contributed by atoms with van der Waals surface area (Å²) >= 11 is 1.84. The third-order valence-corrected chi connectivity index (χ3v) is 3.07. The first-order valence-corrected chi connectivity index (χ1v) is 5.04. The average molecular weight is 178 g/mol. The zero-order valence-corrected chi connectivity index (χ0v) is 8.45. The highest BCUT2D eigenvalue weighted by atomic mass is 32.2. The Bertz CT molecular complexity index is 276. The summed E-state index contributed by atoms with van der Waals surface area (Å²) in [6.45, 7) is 8.02. The number of thioether (sulfide) groups is 1. The number of aryl methyl sites for hydroxylation is 1. The molecule has 0 saturated heterocycles. The van der Waals surface area contributed by atoms with Crippen molar-refractivity contribution < 1.29 is 0 Å². The van der Waals surface area contributed by atoms with E-state index in [9.17, 15) is 0 Å². The quantitative estimate of drug-likeness (QED) is 0.503. The molecule has 1 aromatic carbocycles. The van der Waals surface area contributed by atoms with E-state index < -0.39 is 0 Å². The van der Waals surface area contributed by atoms with Gasteiger partial charge in [-0.1, -0.05) is 18.2 Å². The van der Waals surface area contributed by atoms with Crippen LogP contribution in [0.3, 0.4) is 0 Å². The molecule has 64 valence electrons. The van der Waals surface area contributed by atoms with E-state index in [1.165, 1.54) is 16.0 Å². The van der Waals surface area contributed by atoms with Gasteiger partial charge in [-0.15, -0.1) is 18.3 Å². The van der Waals surface area contributed by atoms with Crippen molar-refractivity contribution in [1.29, 1.82) is 0 Å². The molecule has 12 heavy (non-hydrogen) atoms. The lowest BCUT2D eigenvalue weighted by atomic mass is 10.1. The predicted molar refractivity (Wildman–Crippen MR) is 56.8 cm³/mol. The molecule has 1 heteroatoms.